The van der Waals surface area contributed by atoms with E-state index in [0.29, 0.717) is 5.56 Å². The van der Waals surface area contributed by atoms with E-state index in [9.17, 15) is 14.9 Å². The summed E-state index contributed by atoms with van der Waals surface area (Å²) in [4.78, 5) is 23.9. The normalized spacial score (nSPS) is 20.9. The van der Waals surface area contributed by atoms with Crippen molar-refractivity contribution in [2.75, 3.05) is 18.1 Å². The molecule has 0 bridgehead atoms. The summed E-state index contributed by atoms with van der Waals surface area (Å²) in [6.45, 7) is 2.66. The number of hydrogen-bond acceptors (Lipinski definition) is 5. The summed E-state index contributed by atoms with van der Waals surface area (Å²) in [5, 5.41) is 20.2. The number of thioether (sulfide) groups is 1. The van der Waals surface area contributed by atoms with Crippen LogP contribution in [-0.4, -0.2) is 45.0 Å². The molecule has 114 valence electrons. The number of rotatable bonds is 5. The first-order valence-corrected chi connectivity index (χ1v) is 7.94. The highest BCUT2D eigenvalue weighted by atomic mass is 32.2. The van der Waals surface area contributed by atoms with Gasteiger partial charge in [-0.05, 0) is 6.92 Å². The van der Waals surface area contributed by atoms with Gasteiger partial charge in [-0.2, -0.15) is 11.8 Å². The van der Waals surface area contributed by atoms with Crippen molar-refractivity contribution in [1.29, 1.82) is 0 Å². The van der Waals surface area contributed by atoms with Crippen molar-refractivity contribution in [1.82, 2.24) is 4.90 Å². The van der Waals surface area contributed by atoms with Gasteiger partial charge in [0.25, 0.3) is 5.69 Å². The number of benzene rings is 1. The van der Waals surface area contributed by atoms with Crippen LogP contribution in [0.5, 0.6) is 0 Å². The predicted molar refractivity (Wildman–Crippen MR) is 81.6 cm³/mol. The number of nitro benzene ring substituents is 1. The summed E-state index contributed by atoms with van der Waals surface area (Å²) < 4.78 is 0. The van der Waals surface area contributed by atoms with Gasteiger partial charge in [0.05, 0.1) is 11.3 Å². The summed E-state index contributed by atoms with van der Waals surface area (Å²) in [6.07, 6.45) is 0.0674. The maximum atomic E-state index is 11.2. The molecule has 1 saturated heterocycles. The lowest BCUT2D eigenvalue weighted by Crippen LogP contribution is -2.44. The lowest BCUT2D eigenvalue weighted by molar-refractivity contribution is -0.386. The fourth-order valence-corrected chi connectivity index (χ4v) is 3.83. The van der Waals surface area contributed by atoms with Crippen molar-refractivity contribution in [3.05, 3.63) is 39.9 Å². The van der Waals surface area contributed by atoms with Gasteiger partial charge in [-0.3, -0.25) is 19.8 Å². The standard InChI is InChI=1S/C14H18N2O4S/c1-10(12-4-2-3-5-13(12)16(19)20)15-6-7-21-9-11(15)8-14(17)18/h2-5,10-11H,6-9H2,1H3,(H,17,18). The van der Waals surface area contributed by atoms with E-state index in [0.717, 1.165) is 18.1 Å². The van der Waals surface area contributed by atoms with Gasteiger partial charge in [0, 0.05) is 41.8 Å². The lowest BCUT2D eigenvalue weighted by atomic mass is 10.0. The van der Waals surface area contributed by atoms with Crippen molar-refractivity contribution in [2.45, 2.75) is 25.4 Å². The Morgan fingerprint density at radius 2 is 2.29 bits per heavy atom. The van der Waals surface area contributed by atoms with Crippen molar-refractivity contribution >= 4 is 23.4 Å². The van der Waals surface area contributed by atoms with Crippen molar-refractivity contribution < 1.29 is 14.8 Å². The average Bonchev–Trinajstić information content (AvgIpc) is 2.46. The zero-order valence-corrected chi connectivity index (χ0v) is 12.6. The van der Waals surface area contributed by atoms with E-state index in [-0.39, 0.29) is 29.1 Å². The van der Waals surface area contributed by atoms with Crippen LogP contribution in [0.3, 0.4) is 0 Å². The van der Waals surface area contributed by atoms with Crippen LogP contribution in [0.4, 0.5) is 5.69 Å². The zero-order chi connectivity index (χ0) is 15.4. The van der Waals surface area contributed by atoms with E-state index in [1.165, 1.54) is 6.07 Å². The number of carboxylic acid groups (broad SMARTS) is 1. The topological polar surface area (TPSA) is 83.7 Å². The molecule has 1 N–H and O–H groups in total. The summed E-state index contributed by atoms with van der Waals surface area (Å²) in [6, 6.07) is 6.42. The molecule has 2 unspecified atom stereocenters. The van der Waals surface area contributed by atoms with E-state index in [1.54, 1.807) is 30.0 Å². The van der Waals surface area contributed by atoms with Gasteiger partial charge >= 0.3 is 5.97 Å². The van der Waals surface area contributed by atoms with Crippen molar-refractivity contribution in [3.63, 3.8) is 0 Å². The highest BCUT2D eigenvalue weighted by Crippen LogP contribution is 2.33. The number of para-hydroxylation sites is 1. The summed E-state index contributed by atoms with van der Waals surface area (Å²) in [7, 11) is 0. The predicted octanol–water partition coefficient (Wildman–Crippen LogP) is 2.55. The first-order valence-electron chi connectivity index (χ1n) is 6.79. The van der Waals surface area contributed by atoms with Crippen molar-refractivity contribution in [2.24, 2.45) is 0 Å². The highest BCUT2D eigenvalue weighted by Gasteiger charge is 2.31. The zero-order valence-electron chi connectivity index (χ0n) is 11.8. The molecular formula is C14H18N2O4S. The van der Waals surface area contributed by atoms with E-state index in [2.05, 4.69) is 4.90 Å². The van der Waals surface area contributed by atoms with Crippen LogP contribution >= 0.6 is 11.8 Å². The second kappa shape index (κ2) is 6.91. The fraction of sp³-hybridized carbons (Fsp3) is 0.500. The number of hydrogen-bond donors (Lipinski definition) is 1. The van der Waals surface area contributed by atoms with Crippen LogP contribution in [0, 0.1) is 10.1 Å². The largest absolute Gasteiger partial charge is 0.481 e. The Kier molecular flexibility index (Phi) is 5.19. The molecule has 2 atom stereocenters. The molecule has 21 heavy (non-hydrogen) atoms. The second-order valence-electron chi connectivity index (χ2n) is 5.06. The third-order valence-corrected chi connectivity index (χ3v) is 4.86. The molecule has 1 aliphatic heterocycles. The van der Waals surface area contributed by atoms with Gasteiger partial charge in [-0.25, -0.2) is 0 Å². The third kappa shape index (κ3) is 3.74. The smallest absolute Gasteiger partial charge is 0.304 e. The number of carboxylic acids is 1. The van der Waals surface area contributed by atoms with Gasteiger partial charge < -0.3 is 5.11 Å². The SMILES string of the molecule is CC(c1ccccc1[N+](=O)[O-])N1CCSCC1CC(=O)O. The van der Waals surface area contributed by atoms with Crippen LogP contribution in [0.1, 0.15) is 24.9 Å². The molecule has 1 aromatic rings. The summed E-state index contributed by atoms with van der Waals surface area (Å²) in [5.41, 5.74) is 0.738. The van der Waals surface area contributed by atoms with Gasteiger partial charge in [-0.1, -0.05) is 18.2 Å². The third-order valence-electron chi connectivity index (χ3n) is 3.76. The number of nitro groups is 1. The molecule has 1 aliphatic rings. The maximum Gasteiger partial charge on any atom is 0.304 e. The molecule has 2 rings (SSSR count). The fourth-order valence-electron chi connectivity index (χ4n) is 2.74. The Bertz CT molecular complexity index is 537. The molecule has 0 radical (unpaired) electrons. The Labute approximate surface area is 127 Å². The second-order valence-corrected chi connectivity index (χ2v) is 6.21. The van der Waals surface area contributed by atoms with Gasteiger partial charge in [-0.15, -0.1) is 0 Å². The van der Waals surface area contributed by atoms with Gasteiger partial charge in [0.1, 0.15) is 0 Å². The molecule has 1 aromatic carbocycles. The van der Waals surface area contributed by atoms with Crippen LogP contribution in [0.2, 0.25) is 0 Å². The van der Waals surface area contributed by atoms with Crippen LogP contribution < -0.4 is 0 Å². The lowest BCUT2D eigenvalue weighted by Gasteiger charge is -2.38. The molecule has 6 nitrogen and oxygen atoms in total. The van der Waals surface area contributed by atoms with Crippen LogP contribution in [-0.2, 0) is 4.79 Å². The number of carbonyl (C=O) groups is 1. The molecular weight excluding hydrogens is 292 g/mol. The molecule has 0 aromatic heterocycles. The van der Waals surface area contributed by atoms with E-state index >= 15 is 0 Å². The average molecular weight is 310 g/mol. The Hall–Kier alpha value is -1.60. The van der Waals surface area contributed by atoms with Gasteiger partial charge in [0.2, 0.25) is 0 Å². The summed E-state index contributed by atoms with van der Waals surface area (Å²) >= 11 is 1.73. The van der Waals surface area contributed by atoms with E-state index < -0.39 is 5.97 Å². The molecule has 7 heteroatoms. The van der Waals surface area contributed by atoms with Crippen LogP contribution in [0.15, 0.2) is 24.3 Å². The number of aliphatic carboxylic acids is 1. The first-order chi connectivity index (χ1) is 10.0. The van der Waals surface area contributed by atoms with Crippen molar-refractivity contribution in [3.8, 4) is 0 Å². The maximum absolute atomic E-state index is 11.2. The molecule has 0 saturated carbocycles. The number of nitrogens with zero attached hydrogens (tertiary/aromatic N) is 2. The van der Waals surface area contributed by atoms with Crippen LogP contribution in [0.25, 0.3) is 0 Å². The Morgan fingerprint density at radius 1 is 1.57 bits per heavy atom. The minimum Gasteiger partial charge on any atom is -0.481 e. The summed E-state index contributed by atoms with van der Waals surface area (Å²) in [5.74, 6) is 0.834. The minimum atomic E-state index is -0.831. The van der Waals surface area contributed by atoms with E-state index in [4.69, 9.17) is 5.11 Å². The highest BCUT2D eigenvalue weighted by molar-refractivity contribution is 7.99. The Balaban J connectivity index is 2.26. The molecule has 0 amide bonds. The first kappa shape index (κ1) is 15.8. The minimum absolute atomic E-state index is 0.0674. The quantitative estimate of drug-likeness (QED) is 0.664. The molecule has 0 aliphatic carbocycles. The van der Waals surface area contributed by atoms with Gasteiger partial charge in [0.15, 0.2) is 0 Å². The molecule has 0 spiro atoms. The monoisotopic (exact) mass is 310 g/mol. The molecule has 1 fully saturated rings. The molecule has 1 heterocycles. The van der Waals surface area contributed by atoms with E-state index in [1.807, 2.05) is 6.92 Å². The Morgan fingerprint density at radius 3 is 2.95 bits per heavy atom.